The Hall–Kier alpha value is -0.630. The largest absolute Gasteiger partial charge is 0.508 e. The second kappa shape index (κ2) is 5.30. The fourth-order valence-electron chi connectivity index (χ4n) is 1.73. The van der Waals surface area contributed by atoms with Crippen LogP contribution in [0.25, 0.3) is 0 Å². The maximum Gasteiger partial charge on any atom is 0.119 e. The van der Waals surface area contributed by atoms with Crippen molar-refractivity contribution in [2.24, 2.45) is 0 Å². The first-order valence-electron chi connectivity index (χ1n) is 5.23. The molecule has 0 spiro atoms. The molecule has 0 unspecified atom stereocenters. The zero-order valence-corrected chi connectivity index (χ0v) is 9.77. The van der Waals surface area contributed by atoms with E-state index in [0.29, 0.717) is 5.75 Å². The van der Waals surface area contributed by atoms with Crippen LogP contribution in [0.2, 0.25) is 0 Å². The zero-order chi connectivity index (χ0) is 10.6. The highest BCUT2D eigenvalue weighted by Gasteiger charge is 2.09. The average Bonchev–Trinajstić information content (AvgIpc) is 2.17. The van der Waals surface area contributed by atoms with E-state index in [1.807, 2.05) is 6.07 Å². The number of hydrogen-bond acceptors (Lipinski definition) is 2. The predicted octanol–water partition coefficient (Wildman–Crippen LogP) is 3.59. The topological polar surface area (TPSA) is 20.2 Å². The summed E-state index contributed by atoms with van der Waals surface area (Å²) in [6.07, 6.45) is 4.09. The number of thiol groups is 1. The van der Waals surface area contributed by atoms with Gasteiger partial charge >= 0.3 is 0 Å². The molecule has 14 heavy (non-hydrogen) atoms. The van der Waals surface area contributed by atoms with Gasteiger partial charge in [-0.3, -0.25) is 0 Å². The number of rotatable bonds is 4. The van der Waals surface area contributed by atoms with E-state index in [-0.39, 0.29) is 0 Å². The molecule has 0 aliphatic carbocycles. The van der Waals surface area contributed by atoms with Crippen LogP contribution in [-0.2, 0) is 12.8 Å². The Balaban J connectivity index is 3.12. The Morgan fingerprint density at radius 1 is 1.07 bits per heavy atom. The molecule has 1 N–H and O–H groups in total. The molecule has 0 aliphatic heterocycles. The average molecular weight is 210 g/mol. The van der Waals surface area contributed by atoms with Gasteiger partial charge in [0, 0.05) is 4.90 Å². The summed E-state index contributed by atoms with van der Waals surface area (Å²) in [4.78, 5) is 1.01. The van der Waals surface area contributed by atoms with Gasteiger partial charge in [0.2, 0.25) is 0 Å². The van der Waals surface area contributed by atoms with Crippen LogP contribution < -0.4 is 0 Å². The Kier molecular flexibility index (Phi) is 4.33. The van der Waals surface area contributed by atoms with E-state index < -0.39 is 0 Å². The fourth-order valence-corrected chi connectivity index (χ4v) is 2.05. The fraction of sp³-hybridized carbons (Fsp3) is 0.500. The van der Waals surface area contributed by atoms with Gasteiger partial charge in [0.05, 0.1) is 0 Å². The van der Waals surface area contributed by atoms with Gasteiger partial charge in [-0.25, -0.2) is 0 Å². The van der Waals surface area contributed by atoms with Gasteiger partial charge in [0.15, 0.2) is 0 Å². The minimum absolute atomic E-state index is 0.424. The van der Waals surface area contributed by atoms with Gasteiger partial charge in [-0.15, -0.1) is 12.6 Å². The second-order valence-electron chi connectivity index (χ2n) is 3.56. The van der Waals surface area contributed by atoms with Crippen molar-refractivity contribution in [2.75, 3.05) is 0 Å². The van der Waals surface area contributed by atoms with Crippen LogP contribution in [0.15, 0.2) is 17.0 Å². The number of phenols is 1. The van der Waals surface area contributed by atoms with Crippen LogP contribution in [0.3, 0.4) is 0 Å². The van der Waals surface area contributed by atoms with E-state index in [2.05, 4.69) is 26.5 Å². The lowest BCUT2D eigenvalue weighted by Gasteiger charge is -2.12. The molecule has 0 amide bonds. The van der Waals surface area contributed by atoms with Crippen LogP contribution in [0.1, 0.15) is 37.8 Å². The van der Waals surface area contributed by atoms with Crippen molar-refractivity contribution in [3.63, 3.8) is 0 Å². The monoisotopic (exact) mass is 210 g/mol. The van der Waals surface area contributed by atoms with Crippen molar-refractivity contribution < 1.29 is 5.11 Å². The highest BCUT2D eigenvalue weighted by atomic mass is 32.1. The van der Waals surface area contributed by atoms with Gasteiger partial charge in [0.25, 0.3) is 0 Å². The maximum atomic E-state index is 9.74. The first-order chi connectivity index (χ1) is 6.70. The van der Waals surface area contributed by atoms with E-state index in [9.17, 15) is 5.11 Å². The molecule has 0 radical (unpaired) electrons. The van der Waals surface area contributed by atoms with Crippen LogP contribution in [0, 0.1) is 0 Å². The van der Waals surface area contributed by atoms with E-state index in [1.54, 1.807) is 6.07 Å². The third-order valence-corrected chi connectivity index (χ3v) is 2.80. The molecule has 0 bridgehead atoms. The third kappa shape index (κ3) is 2.44. The molecule has 1 nitrogen and oxygen atoms in total. The second-order valence-corrected chi connectivity index (χ2v) is 4.04. The van der Waals surface area contributed by atoms with E-state index in [1.165, 1.54) is 5.56 Å². The summed E-state index contributed by atoms with van der Waals surface area (Å²) in [5.41, 5.74) is 2.31. The van der Waals surface area contributed by atoms with Crippen molar-refractivity contribution in [2.45, 2.75) is 44.4 Å². The Bertz CT molecular complexity index is 276. The number of hydrogen-bond donors (Lipinski definition) is 2. The summed E-state index contributed by atoms with van der Waals surface area (Å²) in [6, 6.07) is 3.62. The smallest absolute Gasteiger partial charge is 0.119 e. The molecule has 0 heterocycles. The molecule has 0 saturated heterocycles. The number of benzene rings is 1. The predicted molar refractivity (Wildman–Crippen MR) is 63.3 cm³/mol. The number of aromatic hydroxyl groups is 1. The van der Waals surface area contributed by atoms with Gasteiger partial charge in [-0.1, -0.05) is 26.7 Å². The molecule has 1 rings (SSSR count). The Morgan fingerprint density at radius 3 is 2.21 bits per heavy atom. The Labute approximate surface area is 91.6 Å². The summed E-state index contributed by atoms with van der Waals surface area (Å²) < 4.78 is 0. The lowest BCUT2D eigenvalue weighted by Crippen LogP contribution is -1.96. The van der Waals surface area contributed by atoms with Crippen molar-refractivity contribution in [1.82, 2.24) is 0 Å². The van der Waals surface area contributed by atoms with Crippen molar-refractivity contribution in [1.29, 1.82) is 0 Å². The normalized spacial score (nSPS) is 10.5. The molecule has 1 aromatic rings. The minimum atomic E-state index is 0.424. The summed E-state index contributed by atoms with van der Waals surface area (Å²) in [7, 11) is 0. The highest BCUT2D eigenvalue weighted by molar-refractivity contribution is 7.80. The van der Waals surface area contributed by atoms with E-state index >= 15 is 0 Å². The first-order valence-corrected chi connectivity index (χ1v) is 5.68. The van der Waals surface area contributed by atoms with E-state index in [4.69, 9.17) is 0 Å². The van der Waals surface area contributed by atoms with Gasteiger partial charge in [-0.05, 0) is 36.1 Å². The van der Waals surface area contributed by atoms with E-state index in [0.717, 1.165) is 36.1 Å². The van der Waals surface area contributed by atoms with Gasteiger partial charge < -0.3 is 5.11 Å². The molecule has 1 aromatic carbocycles. The summed E-state index contributed by atoms with van der Waals surface area (Å²) in [6.45, 7) is 4.27. The van der Waals surface area contributed by atoms with Crippen LogP contribution in [0.5, 0.6) is 5.75 Å². The van der Waals surface area contributed by atoms with Crippen LogP contribution in [0.4, 0.5) is 0 Å². The summed E-state index contributed by atoms with van der Waals surface area (Å²) >= 11 is 4.43. The SMILES string of the molecule is CCCc1c(O)ccc(S)c1CCC. The van der Waals surface area contributed by atoms with Crippen molar-refractivity contribution >= 4 is 12.6 Å². The molecule has 2 heteroatoms. The van der Waals surface area contributed by atoms with Gasteiger partial charge in [0.1, 0.15) is 5.75 Å². The molecule has 0 aliphatic rings. The minimum Gasteiger partial charge on any atom is -0.508 e. The quantitative estimate of drug-likeness (QED) is 0.728. The Morgan fingerprint density at radius 2 is 1.64 bits per heavy atom. The third-order valence-electron chi connectivity index (χ3n) is 2.38. The molecule has 0 saturated carbocycles. The summed E-state index contributed by atoms with van der Waals surface area (Å²) in [5, 5.41) is 9.74. The zero-order valence-electron chi connectivity index (χ0n) is 8.88. The summed E-state index contributed by atoms with van der Waals surface area (Å²) in [5.74, 6) is 0.424. The maximum absolute atomic E-state index is 9.74. The number of phenolic OH excluding ortho intramolecular Hbond substituents is 1. The molecular formula is C12H18OS. The molecule has 0 aromatic heterocycles. The molecule has 0 fully saturated rings. The highest BCUT2D eigenvalue weighted by Crippen LogP contribution is 2.29. The lowest BCUT2D eigenvalue weighted by molar-refractivity contribution is 0.465. The van der Waals surface area contributed by atoms with Gasteiger partial charge in [-0.2, -0.15) is 0 Å². The molecular weight excluding hydrogens is 192 g/mol. The lowest BCUT2D eigenvalue weighted by atomic mass is 9.98. The van der Waals surface area contributed by atoms with Crippen LogP contribution >= 0.6 is 12.6 Å². The van der Waals surface area contributed by atoms with Crippen molar-refractivity contribution in [3.05, 3.63) is 23.3 Å². The molecule has 0 atom stereocenters. The molecule has 78 valence electrons. The first kappa shape index (κ1) is 11.4. The van der Waals surface area contributed by atoms with Crippen LogP contribution in [-0.4, -0.2) is 5.11 Å². The van der Waals surface area contributed by atoms with Crippen molar-refractivity contribution in [3.8, 4) is 5.75 Å². The standard InChI is InChI=1S/C12H18OS/c1-3-5-9-10(6-4-2)12(14)8-7-11(9)13/h7-8,13-14H,3-6H2,1-2H3.